The van der Waals surface area contributed by atoms with E-state index in [9.17, 15) is 14.4 Å². The van der Waals surface area contributed by atoms with Crippen molar-refractivity contribution in [1.82, 2.24) is 15.2 Å². The number of carbonyl (C=O) groups excluding carboxylic acids is 3. The molecule has 3 heterocycles. The first-order chi connectivity index (χ1) is 14.0. The van der Waals surface area contributed by atoms with Crippen molar-refractivity contribution < 1.29 is 23.9 Å². The molecule has 0 radical (unpaired) electrons. The Morgan fingerprint density at radius 1 is 1.17 bits per heavy atom. The fourth-order valence-corrected chi connectivity index (χ4v) is 5.29. The van der Waals surface area contributed by atoms with Crippen LogP contribution in [0.25, 0.3) is 11.4 Å². The highest BCUT2D eigenvalue weighted by Gasteiger charge is 2.67. The van der Waals surface area contributed by atoms with Crippen LogP contribution in [0.5, 0.6) is 0 Å². The van der Waals surface area contributed by atoms with Gasteiger partial charge in [-0.15, -0.1) is 5.10 Å². The molecule has 1 spiro atoms. The molecule has 2 aliphatic heterocycles. The second kappa shape index (κ2) is 7.19. The number of halogens is 1. The molecule has 2 aliphatic rings. The number of rotatable bonds is 5. The van der Waals surface area contributed by atoms with Crippen LogP contribution >= 0.6 is 27.7 Å². The number of esters is 2. The number of aromatic amines is 1. The molecule has 0 amide bonds. The lowest BCUT2D eigenvalue weighted by atomic mass is 9.75. The lowest BCUT2D eigenvalue weighted by Crippen LogP contribution is -2.38. The summed E-state index contributed by atoms with van der Waals surface area (Å²) in [5.41, 5.74) is -2.70. The number of ketones is 1. The molecule has 2 saturated heterocycles. The van der Waals surface area contributed by atoms with E-state index in [1.807, 2.05) is 24.3 Å². The number of benzene rings is 1. The Labute approximate surface area is 185 Å². The molecule has 0 saturated carbocycles. The normalized spacial score (nSPS) is 27.3. The van der Waals surface area contributed by atoms with Gasteiger partial charge in [0.15, 0.2) is 22.6 Å². The van der Waals surface area contributed by atoms with E-state index in [2.05, 4.69) is 31.1 Å². The van der Waals surface area contributed by atoms with Crippen LogP contribution in [-0.4, -0.2) is 49.9 Å². The van der Waals surface area contributed by atoms with Gasteiger partial charge in [-0.25, -0.2) is 4.98 Å². The molecule has 10 heteroatoms. The summed E-state index contributed by atoms with van der Waals surface area (Å²) in [6.07, 6.45) is 0.181. The molecule has 1 aromatic carbocycles. The van der Waals surface area contributed by atoms with Gasteiger partial charge in [-0.1, -0.05) is 45.9 Å². The van der Waals surface area contributed by atoms with Crippen molar-refractivity contribution >= 4 is 45.4 Å². The molecule has 8 nitrogen and oxygen atoms in total. The van der Waals surface area contributed by atoms with Crippen LogP contribution in [0.15, 0.2) is 33.9 Å². The quantitative estimate of drug-likeness (QED) is 0.383. The maximum absolute atomic E-state index is 12.9. The van der Waals surface area contributed by atoms with Crippen LogP contribution in [0, 0.1) is 5.41 Å². The summed E-state index contributed by atoms with van der Waals surface area (Å²) < 4.78 is 11.6. The topological polar surface area (TPSA) is 111 Å². The van der Waals surface area contributed by atoms with Crippen LogP contribution < -0.4 is 0 Å². The van der Waals surface area contributed by atoms with E-state index < -0.39 is 28.6 Å². The van der Waals surface area contributed by atoms with Gasteiger partial charge < -0.3 is 9.47 Å². The lowest BCUT2D eigenvalue weighted by molar-refractivity contribution is -0.162. The third-order valence-electron chi connectivity index (χ3n) is 5.35. The minimum atomic E-state index is -1.41. The Bertz CT molecular complexity index is 1050. The van der Waals surface area contributed by atoms with E-state index in [0.717, 1.165) is 21.8 Å². The van der Waals surface area contributed by atoms with Gasteiger partial charge in [0.25, 0.3) is 0 Å². The number of ether oxygens (including phenoxy) is 2. The molecule has 30 heavy (non-hydrogen) atoms. The number of cyclic esters (lactones) is 2. The molecular weight excluding hydrogens is 474 g/mol. The Kier molecular flexibility index (Phi) is 5.05. The summed E-state index contributed by atoms with van der Waals surface area (Å²) in [7, 11) is 0. The van der Waals surface area contributed by atoms with E-state index in [-0.39, 0.29) is 24.4 Å². The molecule has 0 bridgehead atoms. The Morgan fingerprint density at radius 3 is 2.53 bits per heavy atom. The van der Waals surface area contributed by atoms with Crippen molar-refractivity contribution in [2.24, 2.45) is 5.41 Å². The van der Waals surface area contributed by atoms with Gasteiger partial charge in [0, 0.05) is 22.9 Å². The predicted octanol–water partition coefficient (Wildman–Crippen LogP) is 3.31. The van der Waals surface area contributed by atoms with E-state index in [1.165, 1.54) is 0 Å². The molecule has 1 N–H and O–H groups in total. The smallest absolute Gasteiger partial charge is 0.324 e. The fraction of sp³-hybridized carbons (Fsp3) is 0.450. The fourth-order valence-electron chi connectivity index (χ4n) is 3.98. The maximum atomic E-state index is 12.9. The van der Waals surface area contributed by atoms with E-state index in [0.29, 0.717) is 11.0 Å². The number of hydrogen-bond donors (Lipinski definition) is 1. The average molecular weight is 494 g/mol. The number of hydrogen-bond acceptors (Lipinski definition) is 8. The number of nitrogens with zero attached hydrogens (tertiary/aromatic N) is 2. The number of H-pyrrole nitrogens is 1. The monoisotopic (exact) mass is 493 g/mol. The van der Waals surface area contributed by atoms with Gasteiger partial charge in [0.2, 0.25) is 5.16 Å². The number of aromatic nitrogens is 3. The average Bonchev–Trinajstić information content (AvgIpc) is 3.29. The summed E-state index contributed by atoms with van der Waals surface area (Å²) >= 11 is 4.61. The van der Waals surface area contributed by atoms with Gasteiger partial charge in [-0.2, -0.15) is 0 Å². The van der Waals surface area contributed by atoms with Crippen molar-refractivity contribution in [1.29, 1.82) is 0 Å². The molecule has 2 atom stereocenters. The third kappa shape index (κ3) is 3.56. The summed E-state index contributed by atoms with van der Waals surface area (Å²) in [5, 5.41) is 7.40. The van der Waals surface area contributed by atoms with Gasteiger partial charge in [0.1, 0.15) is 5.60 Å². The van der Waals surface area contributed by atoms with Crippen LogP contribution in [0.1, 0.15) is 33.6 Å². The Morgan fingerprint density at radius 2 is 1.87 bits per heavy atom. The van der Waals surface area contributed by atoms with Crippen LogP contribution in [-0.2, 0) is 23.9 Å². The highest BCUT2D eigenvalue weighted by Crippen LogP contribution is 2.52. The van der Waals surface area contributed by atoms with E-state index in [1.54, 1.807) is 20.8 Å². The van der Waals surface area contributed by atoms with Gasteiger partial charge in [-0.05, 0) is 26.8 Å². The minimum Gasteiger partial charge on any atom is -0.459 e. The number of carbonyl (C=O) groups is 3. The zero-order valence-electron chi connectivity index (χ0n) is 16.7. The molecule has 4 rings (SSSR count). The molecule has 2 unspecified atom stereocenters. The minimum absolute atomic E-state index is 0.00551. The molecule has 1 aromatic heterocycles. The summed E-state index contributed by atoms with van der Waals surface area (Å²) in [5.74, 6) is -1.03. The molecule has 158 valence electrons. The molecule has 2 fully saturated rings. The summed E-state index contributed by atoms with van der Waals surface area (Å²) in [6.45, 7) is 5.03. The van der Waals surface area contributed by atoms with Crippen molar-refractivity contribution in [3.8, 4) is 11.4 Å². The Balaban J connectivity index is 1.45. The van der Waals surface area contributed by atoms with Gasteiger partial charge >= 0.3 is 11.9 Å². The van der Waals surface area contributed by atoms with Crippen LogP contribution in [0.3, 0.4) is 0 Å². The van der Waals surface area contributed by atoms with E-state index in [4.69, 9.17) is 9.47 Å². The largest absolute Gasteiger partial charge is 0.459 e. The second-order valence-electron chi connectivity index (χ2n) is 8.36. The zero-order chi connectivity index (χ0) is 21.7. The first-order valence-electron chi connectivity index (χ1n) is 9.35. The van der Waals surface area contributed by atoms with Gasteiger partial charge in [-0.3, -0.25) is 19.5 Å². The van der Waals surface area contributed by atoms with Crippen molar-refractivity contribution in [2.75, 3.05) is 5.75 Å². The third-order valence-corrected chi connectivity index (χ3v) is 6.89. The summed E-state index contributed by atoms with van der Waals surface area (Å²) in [6, 6.07) is 7.58. The van der Waals surface area contributed by atoms with Crippen molar-refractivity contribution in [3.05, 3.63) is 28.7 Å². The highest BCUT2D eigenvalue weighted by molar-refractivity contribution is 9.10. The number of thioether (sulfide) groups is 1. The Hall–Kier alpha value is -2.20. The standard InChI is InChI=1S/C20H20BrN3O5S/c1-18(2)9-20(15(26)28-18)10-19(3,29-16(20)27)13(25)8-30-17-22-14(23-24-17)11-6-4-5-7-12(11)21/h4-7H,8-10H2,1-3H3,(H,22,23,24). The molecular formula is C20H20BrN3O5S. The molecule has 2 aromatic rings. The van der Waals surface area contributed by atoms with Gasteiger partial charge in [0.05, 0.1) is 5.75 Å². The zero-order valence-corrected chi connectivity index (χ0v) is 19.1. The number of nitrogens with one attached hydrogen (secondary N) is 1. The lowest BCUT2D eigenvalue weighted by Gasteiger charge is -2.21. The van der Waals surface area contributed by atoms with E-state index >= 15 is 0 Å². The molecule has 0 aliphatic carbocycles. The van der Waals surface area contributed by atoms with Crippen LogP contribution in [0.2, 0.25) is 0 Å². The number of Topliss-reactive ketones (excluding diaryl/α,β-unsaturated/α-hetero) is 1. The first-order valence-corrected chi connectivity index (χ1v) is 11.1. The predicted molar refractivity (Wildman–Crippen MR) is 112 cm³/mol. The second-order valence-corrected chi connectivity index (χ2v) is 10.2. The first kappa shape index (κ1) is 21.0. The maximum Gasteiger partial charge on any atom is 0.324 e. The highest BCUT2D eigenvalue weighted by atomic mass is 79.9. The van der Waals surface area contributed by atoms with Crippen molar-refractivity contribution in [3.63, 3.8) is 0 Å². The van der Waals surface area contributed by atoms with Crippen LogP contribution in [0.4, 0.5) is 0 Å². The van der Waals surface area contributed by atoms with Crippen molar-refractivity contribution in [2.45, 2.75) is 50.0 Å². The summed E-state index contributed by atoms with van der Waals surface area (Å²) in [4.78, 5) is 42.3. The SMILES string of the molecule is CC1(C)CC2(CC(C)(C(=O)CSc3n[nH]c(-c4ccccc4Br)n3)OC2=O)C(=O)O1.